The molecule has 0 aliphatic carbocycles. The fourth-order valence-corrected chi connectivity index (χ4v) is 2.86. The third-order valence-corrected chi connectivity index (χ3v) is 4.17. The van der Waals surface area contributed by atoms with Crippen molar-refractivity contribution in [3.05, 3.63) is 35.4 Å². The van der Waals surface area contributed by atoms with E-state index in [2.05, 4.69) is 45.0 Å². The van der Waals surface area contributed by atoms with Crippen molar-refractivity contribution in [2.75, 3.05) is 0 Å². The maximum Gasteiger partial charge on any atom is 0.0294 e. The van der Waals surface area contributed by atoms with Crippen LogP contribution in [-0.2, 0) is 6.42 Å². The van der Waals surface area contributed by atoms with Gasteiger partial charge in [0.25, 0.3) is 0 Å². The minimum Gasteiger partial charge on any atom is -0.324 e. The highest BCUT2D eigenvalue weighted by Gasteiger charge is 2.06. The minimum absolute atomic E-state index is 0.216. The number of rotatable bonds is 11. The first-order valence-corrected chi connectivity index (χ1v) is 8.98. The summed E-state index contributed by atoms with van der Waals surface area (Å²) < 4.78 is 0. The van der Waals surface area contributed by atoms with E-state index < -0.39 is 0 Å². The SMILES string of the molecule is CCCCCCCCCC(N)c1ccc(CC(C)C)cc1. The number of hydrogen-bond acceptors (Lipinski definition) is 1. The van der Waals surface area contributed by atoms with Crippen LogP contribution in [0.1, 0.15) is 89.3 Å². The van der Waals surface area contributed by atoms with Crippen LogP contribution in [0.3, 0.4) is 0 Å². The molecular formula is C20H35N. The summed E-state index contributed by atoms with van der Waals surface area (Å²) in [7, 11) is 0. The molecule has 0 fully saturated rings. The van der Waals surface area contributed by atoms with Gasteiger partial charge in [-0.3, -0.25) is 0 Å². The van der Waals surface area contributed by atoms with Crippen molar-refractivity contribution < 1.29 is 0 Å². The van der Waals surface area contributed by atoms with Crippen LogP contribution in [0.4, 0.5) is 0 Å². The van der Waals surface area contributed by atoms with Gasteiger partial charge in [-0.2, -0.15) is 0 Å². The largest absolute Gasteiger partial charge is 0.324 e. The van der Waals surface area contributed by atoms with Crippen LogP contribution in [0.15, 0.2) is 24.3 Å². The van der Waals surface area contributed by atoms with Crippen LogP contribution in [-0.4, -0.2) is 0 Å². The van der Waals surface area contributed by atoms with Gasteiger partial charge in [-0.15, -0.1) is 0 Å². The van der Waals surface area contributed by atoms with Crippen molar-refractivity contribution in [2.24, 2.45) is 11.7 Å². The van der Waals surface area contributed by atoms with Gasteiger partial charge in [0.15, 0.2) is 0 Å². The Labute approximate surface area is 132 Å². The predicted molar refractivity (Wildman–Crippen MR) is 94.5 cm³/mol. The van der Waals surface area contributed by atoms with Gasteiger partial charge in [-0.1, -0.05) is 90.0 Å². The van der Waals surface area contributed by atoms with E-state index in [-0.39, 0.29) is 6.04 Å². The molecule has 1 unspecified atom stereocenters. The van der Waals surface area contributed by atoms with Gasteiger partial charge in [0.1, 0.15) is 0 Å². The molecule has 1 atom stereocenters. The normalized spacial score (nSPS) is 12.8. The lowest BCUT2D eigenvalue weighted by atomic mass is 9.97. The van der Waals surface area contributed by atoms with E-state index in [9.17, 15) is 0 Å². The Morgan fingerprint density at radius 1 is 0.857 bits per heavy atom. The molecule has 0 heterocycles. The average Bonchev–Trinajstić information content (AvgIpc) is 2.46. The van der Waals surface area contributed by atoms with E-state index in [0.29, 0.717) is 0 Å². The highest BCUT2D eigenvalue weighted by Crippen LogP contribution is 2.19. The Morgan fingerprint density at radius 2 is 1.43 bits per heavy atom. The predicted octanol–water partition coefficient (Wildman–Crippen LogP) is 6.03. The summed E-state index contributed by atoms with van der Waals surface area (Å²) in [6.45, 7) is 6.80. The maximum absolute atomic E-state index is 6.31. The van der Waals surface area contributed by atoms with Gasteiger partial charge < -0.3 is 5.73 Å². The van der Waals surface area contributed by atoms with Crippen molar-refractivity contribution in [1.82, 2.24) is 0 Å². The number of benzene rings is 1. The first-order chi connectivity index (χ1) is 10.1. The fourth-order valence-electron chi connectivity index (χ4n) is 2.86. The van der Waals surface area contributed by atoms with E-state index in [4.69, 9.17) is 5.73 Å². The molecule has 0 amide bonds. The molecule has 1 nitrogen and oxygen atoms in total. The molecule has 0 aliphatic heterocycles. The molecule has 21 heavy (non-hydrogen) atoms. The second kappa shape index (κ2) is 10.8. The first-order valence-electron chi connectivity index (χ1n) is 8.98. The summed E-state index contributed by atoms with van der Waals surface area (Å²) >= 11 is 0. The number of nitrogens with two attached hydrogens (primary N) is 1. The van der Waals surface area contributed by atoms with Crippen LogP contribution in [0.2, 0.25) is 0 Å². The Hall–Kier alpha value is -0.820. The molecule has 1 heteroatoms. The fraction of sp³-hybridized carbons (Fsp3) is 0.700. The molecule has 0 saturated heterocycles. The number of hydrogen-bond donors (Lipinski definition) is 1. The summed E-state index contributed by atoms with van der Waals surface area (Å²) in [5.41, 5.74) is 9.04. The third-order valence-electron chi connectivity index (χ3n) is 4.17. The molecule has 0 saturated carbocycles. The zero-order valence-electron chi connectivity index (χ0n) is 14.4. The Balaban J connectivity index is 2.21. The van der Waals surface area contributed by atoms with Crippen LogP contribution < -0.4 is 5.73 Å². The Kier molecular flexibility index (Phi) is 9.41. The molecule has 1 aromatic carbocycles. The topological polar surface area (TPSA) is 26.0 Å². The molecule has 0 bridgehead atoms. The number of unbranched alkanes of at least 4 members (excludes halogenated alkanes) is 6. The summed E-state index contributed by atoms with van der Waals surface area (Å²) in [4.78, 5) is 0. The lowest BCUT2D eigenvalue weighted by Crippen LogP contribution is -2.10. The van der Waals surface area contributed by atoms with Gasteiger partial charge in [-0.05, 0) is 29.9 Å². The average molecular weight is 290 g/mol. The first kappa shape index (κ1) is 18.2. The van der Waals surface area contributed by atoms with Gasteiger partial charge in [0.2, 0.25) is 0 Å². The molecule has 0 spiro atoms. The third kappa shape index (κ3) is 8.26. The summed E-state index contributed by atoms with van der Waals surface area (Å²) in [6, 6.07) is 9.17. The van der Waals surface area contributed by atoms with Crippen LogP contribution >= 0.6 is 0 Å². The highest BCUT2D eigenvalue weighted by molar-refractivity contribution is 5.25. The smallest absolute Gasteiger partial charge is 0.0294 e. The molecule has 2 N–H and O–H groups in total. The van der Waals surface area contributed by atoms with Gasteiger partial charge in [0.05, 0.1) is 0 Å². The summed E-state index contributed by atoms with van der Waals surface area (Å²) in [5, 5.41) is 0. The van der Waals surface area contributed by atoms with Crippen LogP contribution in [0, 0.1) is 5.92 Å². The molecule has 0 aliphatic rings. The van der Waals surface area contributed by atoms with E-state index in [1.54, 1.807) is 0 Å². The molecular weight excluding hydrogens is 254 g/mol. The zero-order chi connectivity index (χ0) is 15.5. The van der Waals surface area contributed by atoms with E-state index in [1.807, 2.05) is 0 Å². The zero-order valence-corrected chi connectivity index (χ0v) is 14.4. The van der Waals surface area contributed by atoms with Crippen molar-refractivity contribution in [1.29, 1.82) is 0 Å². The van der Waals surface area contributed by atoms with Gasteiger partial charge >= 0.3 is 0 Å². The minimum atomic E-state index is 0.216. The second-order valence-corrected chi connectivity index (χ2v) is 6.86. The highest BCUT2D eigenvalue weighted by atomic mass is 14.6. The molecule has 0 aromatic heterocycles. The van der Waals surface area contributed by atoms with Crippen molar-refractivity contribution >= 4 is 0 Å². The summed E-state index contributed by atoms with van der Waals surface area (Å²) in [5.74, 6) is 0.720. The van der Waals surface area contributed by atoms with Gasteiger partial charge in [-0.25, -0.2) is 0 Å². The maximum atomic E-state index is 6.31. The van der Waals surface area contributed by atoms with Crippen molar-refractivity contribution in [2.45, 2.75) is 84.6 Å². The Bertz CT molecular complexity index is 353. The van der Waals surface area contributed by atoms with E-state index in [1.165, 1.54) is 56.1 Å². The van der Waals surface area contributed by atoms with Crippen LogP contribution in [0.25, 0.3) is 0 Å². The molecule has 1 aromatic rings. The molecule has 120 valence electrons. The van der Waals surface area contributed by atoms with E-state index in [0.717, 1.165) is 18.8 Å². The lowest BCUT2D eigenvalue weighted by molar-refractivity contribution is 0.541. The van der Waals surface area contributed by atoms with E-state index >= 15 is 0 Å². The molecule has 1 rings (SSSR count). The van der Waals surface area contributed by atoms with Gasteiger partial charge in [0, 0.05) is 6.04 Å². The quantitative estimate of drug-likeness (QED) is 0.495. The van der Waals surface area contributed by atoms with Crippen LogP contribution in [0.5, 0.6) is 0 Å². The second-order valence-electron chi connectivity index (χ2n) is 6.86. The Morgan fingerprint density at radius 3 is 2.00 bits per heavy atom. The molecule has 0 radical (unpaired) electrons. The monoisotopic (exact) mass is 289 g/mol. The standard InChI is InChI=1S/C20H35N/c1-4-5-6-7-8-9-10-11-20(21)19-14-12-18(13-15-19)16-17(2)3/h12-15,17,20H,4-11,16,21H2,1-3H3. The summed E-state index contributed by atoms with van der Waals surface area (Å²) in [6.07, 6.45) is 11.8. The van der Waals surface area contributed by atoms with Crippen molar-refractivity contribution in [3.8, 4) is 0 Å². The van der Waals surface area contributed by atoms with Crippen molar-refractivity contribution in [3.63, 3.8) is 0 Å². The lowest BCUT2D eigenvalue weighted by Gasteiger charge is -2.13.